The molecule has 6 heteroatoms. The number of nitrogens with zero attached hydrogens (tertiary/aromatic N) is 2. The van der Waals surface area contributed by atoms with Gasteiger partial charge in [-0.15, -0.1) is 10.2 Å². The smallest absolute Gasteiger partial charge is 0.148 e. The van der Waals surface area contributed by atoms with Gasteiger partial charge in [0.15, 0.2) is 0 Å². The van der Waals surface area contributed by atoms with Crippen LogP contribution >= 0.6 is 33.9 Å². The summed E-state index contributed by atoms with van der Waals surface area (Å²) in [5, 5.41) is 13.9. The number of nitrogens with one attached hydrogen (secondary N) is 1. The second kappa shape index (κ2) is 7.88. The van der Waals surface area contributed by atoms with Gasteiger partial charge < -0.3 is 10.1 Å². The monoisotopic (exact) mass is 389 g/mol. The largest absolute Gasteiger partial charge is 0.383 e. The van der Waals surface area contributed by atoms with Crippen LogP contribution in [-0.4, -0.2) is 37.0 Å². The average molecular weight is 389 g/mol. The molecule has 0 aliphatic carbocycles. The summed E-state index contributed by atoms with van der Waals surface area (Å²) in [6.07, 6.45) is 0.908. The number of aromatic nitrogens is 2. The predicted molar refractivity (Wildman–Crippen MR) is 86.5 cm³/mol. The molecule has 0 atom stereocenters. The molecular formula is C13H16IN3OS. The molecular weight excluding hydrogens is 373 g/mol. The Bertz CT molecular complexity index is 518. The summed E-state index contributed by atoms with van der Waals surface area (Å²) in [4.78, 5) is 0. The van der Waals surface area contributed by atoms with Gasteiger partial charge in [-0.1, -0.05) is 29.5 Å². The standard InChI is InChI=1S/C13H16IN3OS/c1-18-9-8-15-7-6-12-16-17-13(19-12)10-4-2-3-5-11(10)14/h2-5,15H,6-9H2,1H3. The third kappa shape index (κ3) is 4.48. The Morgan fingerprint density at radius 1 is 1.26 bits per heavy atom. The predicted octanol–water partition coefficient (Wildman–Crippen LogP) is 2.59. The summed E-state index contributed by atoms with van der Waals surface area (Å²) >= 11 is 4.00. The molecule has 1 N–H and O–H groups in total. The number of hydrogen-bond donors (Lipinski definition) is 1. The van der Waals surface area contributed by atoms with Crippen LogP contribution in [0.1, 0.15) is 5.01 Å². The highest BCUT2D eigenvalue weighted by Crippen LogP contribution is 2.27. The van der Waals surface area contributed by atoms with Crippen molar-refractivity contribution in [3.63, 3.8) is 0 Å². The van der Waals surface area contributed by atoms with E-state index in [1.54, 1.807) is 18.4 Å². The zero-order valence-corrected chi connectivity index (χ0v) is 13.7. The second-order valence-corrected chi connectivity index (χ2v) is 6.20. The Balaban J connectivity index is 1.91. The van der Waals surface area contributed by atoms with Crippen LogP contribution in [0.2, 0.25) is 0 Å². The van der Waals surface area contributed by atoms with E-state index < -0.39 is 0 Å². The maximum atomic E-state index is 4.98. The second-order valence-electron chi connectivity index (χ2n) is 3.97. The van der Waals surface area contributed by atoms with E-state index in [-0.39, 0.29) is 0 Å². The molecule has 0 bridgehead atoms. The molecule has 0 unspecified atom stereocenters. The minimum atomic E-state index is 0.740. The Hall–Kier alpha value is -0.570. The Labute approximate surface area is 130 Å². The molecule has 0 radical (unpaired) electrons. The van der Waals surface area contributed by atoms with E-state index in [1.807, 2.05) is 12.1 Å². The Morgan fingerprint density at radius 3 is 2.89 bits per heavy atom. The molecule has 1 aromatic heterocycles. The van der Waals surface area contributed by atoms with Crippen molar-refractivity contribution in [1.82, 2.24) is 15.5 Å². The van der Waals surface area contributed by atoms with Crippen LogP contribution in [0.25, 0.3) is 10.6 Å². The fraction of sp³-hybridized carbons (Fsp3) is 0.385. The Kier molecular flexibility index (Phi) is 6.15. The third-order valence-electron chi connectivity index (χ3n) is 2.57. The van der Waals surface area contributed by atoms with Gasteiger partial charge in [0.1, 0.15) is 10.0 Å². The highest BCUT2D eigenvalue weighted by Gasteiger charge is 2.08. The summed E-state index contributed by atoms with van der Waals surface area (Å²) in [5.41, 5.74) is 1.17. The summed E-state index contributed by atoms with van der Waals surface area (Å²) < 4.78 is 6.19. The van der Waals surface area contributed by atoms with Gasteiger partial charge in [0.05, 0.1) is 6.61 Å². The van der Waals surface area contributed by atoms with Crippen LogP contribution in [0.4, 0.5) is 0 Å². The molecule has 1 heterocycles. The van der Waals surface area contributed by atoms with Crippen LogP contribution in [0.3, 0.4) is 0 Å². The zero-order valence-electron chi connectivity index (χ0n) is 10.7. The van der Waals surface area contributed by atoms with E-state index in [1.165, 1.54) is 9.13 Å². The number of halogens is 1. The molecule has 0 saturated carbocycles. The van der Waals surface area contributed by atoms with E-state index in [2.05, 4.69) is 50.2 Å². The topological polar surface area (TPSA) is 47.0 Å². The van der Waals surface area contributed by atoms with Crippen molar-refractivity contribution < 1.29 is 4.74 Å². The fourth-order valence-electron chi connectivity index (χ4n) is 1.59. The number of methoxy groups -OCH3 is 1. The van der Waals surface area contributed by atoms with Gasteiger partial charge in [-0.2, -0.15) is 0 Å². The minimum Gasteiger partial charge on any atom is -0.383 e. The van der Waals surface area contributed by atoms with Gasteiger partial charge in [-0.05, 0) is 28.7 Å². The van der Waals surface area contributed by atoms with Gasteiger partial charge in [0.25, 0.3) is 0 Å². The van der Waals surface area contributed by atoms with Crippen LogP contribution < -0.4 is 5.32 Å². The number of ether oxygens (including phenoxy) is 1. The van der Waals surface area contributed by atoms with Crippen molar-refractivity contribution in [1.29, 1.82) is 0 Å². The molecule has 4 nitrogen and oxygen atoms in total. The maximum Gasteiger partial charge on any atom is 0.148 e. The van der Waals surface area contributed by atoms with Crippen molar-refractivity contribution in [3.8, 4) is 10.6 Å². The molecule has 0 spiro atoms. The summed E-state index contributed by atoms with van der Waals surface area (Å²) in [7, 11) is 1.71. The van der Waals surface area contributed by atoms with E-state index in [0.717, 1.165) is 36.1 Å². The van der Waals surface area contributed by atoms with Crippen molar-refractivity contribution in [2.75, 3.05) is 26.8 Å². The first-order chi connectivity index (χ1) is 9.31. The molecule has 1 aromatic carbocycles. The first kappa shape index (κ1) is 14.8. The molecule has 0 aliphatic rings. The summed E-state index contributed by atoms with van der Waals surface area (Å²) in [5.74, 6) is 0. The SMILES string of the molecule is COCCNCCc1nnc(-c2ccccc2I)s1. The maximum absolute atomic E-state index is 4.98. The van der Waals surface area contributed by atoms with Gasteiger partial charge in [0, 0.05) is 35.8 Å². The molecule has 0 aliphatic heterocycles. The molecule has 0 amide bonds. The van der Waals surface area contributed by atoms with Crippen LogP contribution in [0.5, 0.6) is 0 Å². The van der Waals surface area contributed by atoms with Crippen molar-refractivity contribution in [2.45, 2.75) is 6.42 Å². The number of rotatable bonds is 7. The first-order valence-electron chi connectivity index (χ1n) is 6.08. The van der Waals surface area contributed by atoms with Gasteiger partial charge >= 0.3 is 0 Å². The lowest BCUT2D eigenvalue weighted by atomic mass is 10.2. The Morgan fingerprint density at radius 2 is 2.11 bits per heavy atom. The highest BCUT2D eigenvalue weighted by atomic mass is 127. The lowest BCUT2D eigenvalue weighted by Crippen LogP contribution is -2.21. The summed E-state index contributed by atoms with van der Waals surface area (Å²) in [6, 6.07) is 8.24. The highest BCUT2D eigenvalue weighted by molar-refractivity contribution is 14.1. The minimum absolute atomic E-state index is 0.740. The lowest BCUT2D eigenvalue weighted by Gasteiger charge is -2.01. The van der Waals surface area contributed by atoms with Crippen molar-refractivity contribution in [2.24, 2.45) is 0 Å². The number of benzene rings is 1. The fourth-order valence-corrected chi connectivity index (χ4v) is 3.30. The molecule has 0 fully saturated rings. The first-order valence-corrected chi connectivity index (χ1v) is 7.97. The molecule has 2 rings (SSSR count). The lowest BCUT2D eigenvalue weighted by molar-refractivity contribution is 0.199. The van der Waals surface area contributed by atoms with Gasteiger partial charge in [-0.25, -0.2) is 0 Å². The number of hydrogen-bond acceptors (Lipinski definition) is 5. The average Bonchev–Trinajstić information content (AvgIpc) is 2.88. The van der Waals surface area contributed by atoms with Gasteiger partial charge in [-0.3, -0.25) is 0 Å². The molecule has 0 saturated heterocycles. The molecule has 2 aromatic rings. The normalized spacial score (nSPS) is 10.8. The van der Waals surface area contributed by atoms with Crippen LogP contribution in [0, 0.1) is 3.57 Å². The van der Waals surface area contributed by atoms with Crippen molar-refractivity contribution in [3.05, 3.63) is 32.8 Å². The van der Waals surface area contributed by atoms with E-state index >= 15 is 0 Å². The third-order valence-corrected chi connectivity index (χ3v) is 4.53. The zero-order chi connectivity index (χ0) is 13.5. The van der Waals surface area contributed by atoms with E-state index in [0.29, 0.717) is 0 Å². The quantitative estimate of drug-likeness (QED) is 0.584. The van der Waals surface area contributed by atoms with Crippen LogP contribution in [0.15, 0.2) is 24.3 Å². The van der Waals surface area contributed by atoms with Crippen LogP contribution in [-0.2, 0) is 11.2 Å². The molecule has 19 heavy (non-hydrogen) atoms. The van der Waals surface area contributed by atoms with E-state index in [4.69, 9.17) is 4.74 Å². The molecule has 102 valence electrons. The summed E-state index contributed by atoms with van der Waals surface area (Å²) in [6.45, 7) is 2.52. The van der Waals surface area contributed by atoms with Gasteiger partial charge in [0.2, 0.25) is 0 Å². The van der Waals surface area contributed by atoms with E-state index in [9.17, 15) is 0 Å². The van der Waals surface area contributed by atoms with Crippen molar-refractivity contribution >= 4 is 33.9 Å².